The molecule has 0 unspecified atom stereocenters. The number of benzene rings is 2. The minimum atomic E-state index is -0.838. The van der Waals surface area contributed by atoms with Crippen molar-refractivity contribution < 1.29 is 17.6 Å². The fourth-order valence-electron chi connectivity index (χ4n) is 3.47. The summed E-state index contributed by atoms with van der Waals surface area (Å²) in [5.74, 6) is -2.09. The first-order valence-electron chi connectivity index (χ1n) is 10.1. The highest BCUT2D eigenvalue weighted by Gasteiger charge is 2.20. The Kier molecular flexibility index (Phi) is 10.0. The third-order valence-electron chi connectivity index (χ3n) is 5.08. The van der Waals surface area contributed by atoms with Crippen LogP contribution in [0.15, 0.2) is 41.4 Å². The number of hydrogen-bond acceptors (Lipinski definition) is 2. The summed E-state index contributed by atoms with van der Waals surface area (Å²) in [7, 11) is 0. The Labute approximate surface area is 197 Å². The van der Waals surface area contributed by atoms with Gasteiger partial charge in [0.1, 0.15) is 11.6 Å². The number of hydrogen-bond donors (Lipinski definition) is 2. The van der Waals surface area contributed by atoms with Crippen molar-refractivity contribution in [3.8, 4) is 0 Å². The SMILES string of the molecule is CCNC(=NCc1cc(F)ccc1F)NC1CCN(Cc2ccc(F)c(F)c2)CC1.I. The quantitative estimate of drug-likeness (QED) is 0.240. The van der Waals surface area contributed by atoms with E-state index in [1.807, 2.05) is 6.92 Å². The van der Waals surface area contributed by atoms with Crippen LogP contribution in [-0.2, 0) is 13.1 Å². The van der Waals surface area contributed by atoms with E-state index in [0.717, 1.165) is 55.8 Å². The Bertz CT molecular complexity index is 886. The molecule has 1 fully saturated rings. The van der Waals surface area contributed by atoms with E-state index in [4.69, 9.17) is 0 Å². The maximum Gasteiger partial charge on any atom is 0.191 e. The van der Waals surface area contributed by atoms with Crippen LogP contribution < -0.4 is 10.6 Å². The van der Waals surface area contributed by atoms with E-state index in [9.17, 15) is 17.6 Å². The topological polar surface area (TPSA) is 39.7 Å². The van der Waals surface area contributed by atoms with Crippen LogP contribution in [0.3, 0.4) is 0 Å². The zero-order valence-corrected chi connectivity index (χ0v) is 19.6. The minimum absolute atomic E-state index is 0. The molecule has 4 nitrogen and oxygen atoms in total. The van der Waals surface area contributed by atoms with Crippen molar-refractivity contribution in [1.29, 1.82) is 0 Å². The number of nitrogens with one attached hydrogen (secondary N) is 2. The monoisotopic (exact) mass is 550 g/mol. The Balaban J connectivity index is 0.00000341. The average molecular weight is 550 g/mol. The summed E-state index contributed by atoms with van der Waals surface area (Å²) >= 11 is 0. The lowest BCUT2D eigenvalue weighted by Crippen LogP contribution is -2.48. The van der Waals surface area contributed by atoms with Gasteiger partial charge in [-0.2, -0.15) is 0 Å². The molecule has 1 saturated heterocycles. The predicted octanol–water partition coefficient (Wildman–Crippen LogP) is 4.58. The van der Waals surface area contributed by atoms with Crippen molar-refractivity contribution in [1.82, 2.24) is 15.5 Å². The van der Waals surface area contributed by atoms with E-state index in [1.54, 1.807) is 6.07 Å². The number of aliphatic imine (C=N–C) groups is 1. The molecular formula is C22H27F4IN4. The Hall–Kier alpha value is -1.88. The van der Waals surface area contributed by atoms with Crippen molar-refractivity contribution in [2.24, 2.45) is 4.99 Å². The lowest BCUT2D eigenvalue weighted by atomic mass is 10.0. The van der Waals surface area contributed by atoms with Crippen LogP contribution in [0.2, 0.25) is 0 Å². The molecule has 0 aliphatic carbocycles. The maximum absolute atomic E-state index is 13.8. The Morgan fingerprint density at radius 2 is 1.71 bits per heavy atom. The molecule has 1 heterocycles. The second-order valence-electron chi connectivity index (χ2n) is 7.37. The number of nitrogens with zero attached hydrogens (tertiary/aromatic N) is 2. The first kappa shape index (κ1) is 25.4. The van der Waals surface area contributed by atoms with E-state index < -0.39 is 23.3 Å². The third-order valence-corrected chi connectivity index (χ3v) is 5.08. The second-order valence-corrected chi connectivity index (χ2v) is 7.37. The molecule has 31 heavy (non-hydrogen) atoms. The van der Waals surface area contributed by atoms with Gasteiger partial charge in [-0.25, -0.2) is 22.6 Å². The van der Waals surface area contributed by atoms with Crippen LogP contribution in [0.25, 0.3) is 0 Å². The van der Waals surface area contributed by atoms with Gasteiger partial charge >= 0.3 is 0 Å². The number of rotatable bonds is 6. The number of likely N-dealkylation sites (tertiary alicyclic amines) is 1. The van der Waals surface area contributed by atoms with Crippen molar-refractivity contribution in [2.75, 3.05) is 19.6 Å². The normalized spacial score (nSPS) is 15.5. The van der Waals surface area contributed by atoms with Gasteiger partial charge in [-0.3, -0.25) is 4.90 Å². The van der Waals surface area contributed by atoms with Gasteiger partial charge in [-0.05, 0) is 55.7 Å². The first-order valence-corrected chi connectivity index (χ1v) is 10.1. The molecule has 0 spiro atoms. The van der Waals surface area contributed by atoms with Gasteiger partial charge in [0.25, 0.3) is 0 Å². The molecule has 1 aliphatic heterocycles. The average Bonchev–Trinajstić information content (AvgIpc) is 2.73. The molecule has 0 atom stereocenters. The molecule has 3 rings (SSSR count). The number of guanidine groups is 1. The highest BCUT2D eigenvalue weighted by atomic mass is 127. The van der Waals surface area contributed by atoms with Crippen LogP contribution in [0.4, 0.5) is 17.6 Å². The van der Waals surface area contributed by atoms with Crippen molar-refractivity contribution >= 4 is 29.9 Å². The highest BCUT2D eigenvalue weighted by molar-refractivity contribution is 14.0. The maximum atomic E-state index is 13.8. The van der Waals surface area contributed by atoms with Crippen molar-refractivity contribution in [3.63, 3.8) is 0 Å². The van der Waals surface area contributed by atoms with Gasteiger partial charge in [0.15, 0.2) is 17.6 Å². The Morgan fingerprint density at radius 1 is 1.00 bits per heavy atom. The molecule has 9 heteroatoms. The van der Waals surface area contributed by atoms with Gasteiger partial charge in [0, 0.05) is 37.8 Å². The van der Waals surface area contributed by atoms with E-state index in [-0.39, 0.29) is 42.1 Å². The summed E-state index contributed by atoms with van der Waals surface area (Å²) in [5.41, 5.74) is 0.945. The summed E-state index contributed by atoms with van der Waals surface area (Å²) in [5, 5.41) is 6.48. The lowest BCUT2D eigenvalue weighted by molar-refractivity contribution is 0.198. The molecule has 170 valence electrons. The zero-order valence-electron chi connectivity index (χ0n) is 17.3. The molecule has 0 aromatic heterocycles. The summed E-state index contributed by atoms with van der Waals surface area (Å²) in [6.45, 7) is 4.78. The van der Waals surface area contributed by atoms with Crippen LogP contribution in [-0.4, -0.2) is 36.5 Å². The van der Waals surface area contributed by atoms with E-state index in [1.165, 1.54) is 6.07 Å². The smallest absolute Gasteiger partial charge is 0.191 e. The number of piperidine rings is 1. The highest BCUT2D eigenvalue weighted by Crippen LogP contribution is 2.16. The lowest BCUT2D eigenvalue weighted by Gasteiger charge is -2.33. The minimum Gasteiger partial charge on any atom is -0.357 e. The van der Waals surface area contributed by atoms with Gasteiger partial charge in [0.05, 0.1) is 6.54 Å². The number of halogens is 5. The molecule has 2 aromatic rings. The van der Waals surface area contributed by atoms with Gasteiger partial charge in [-0.1, -0.05) is 6.07 Å². The van der Waals surface area contributed by atoms with Crippen LogP contribution in [0, 0.1) is 23.3 Å². The summed E-state index contributed by atoms with van der Waals surface area (Å²) in [4.78, 5) is 6.57. The third kappa shape index (κ3) is 7.64. The van der Waals surface area contributed by atoms with Crippen molar-refractivity contribution in [3.05, 3.63) is 70.8 Å². The molecule has 0 radical (unpaired) electrons. The molecule has 0 bridgehead atoms. The molecule has 0 amide bonds. The molecular weight excluding hydrogens is 523 g/mol. The Morgan fingerprint density at radius 3 is 2.39 bits per heavy atom. The molecule has 0 saturated carbocycles. The van der Waals surface area contributed by atoms with Crippen LogP contribution >= 0.6 is 24.0 Å². The second kappa shape index (κ2) is 12.2. The van der Waals surface area contributed by atoms with Crippen LogP contribution in [0.5, 0.6) is 0 Å². The van der Waals surface area contributed by atoms with Crippen LogP contribution in [0.1, 0.15) is 30.9 Å². The largest absolute Gasteiger partial charge is 0.357 e. The van der Waals surface area contributed by atoms with Gasteiger partial charge in [-0.15, -0.1) is 24.0 Å². The zero-order chi connectivity index (χ0) is 21.5. The van der Waals surface area contributed by atoms with E-state index in [0.29, 0.717) is 19.0 Å². The fraction of sp³-hybridized carbons (Fsp3) is 0.409. The van der Waals surface area contributed by atoms with E-state index >= 15 is 0 Å². The first-order chi connectivity index (χ1) is 14.4. The summed E-state index contributed by atoms with van der Waals surface area (Å²) in [6.07, 6.45) is 1.70. The standard InChI is InChI=1S/C22H26F4N4.HI/c1-2-27-22(28-13-16-12-17(23)4-6-19(16)24)29-18-7-9-30(10-8-18)14-15-3-5-20(25)21(26)11-15;/h3-6,11-12,18H,2,7-10,13-14H2,1H3,(H2,27,28,29);1H. The van der Waals surface area contributed by atoms with Gasteiger partial charge in [0.2, 0.25) is 0 Å². The van der Waals surface area contributed by atoms with Crippen molar-refractivity contribution in [2.45, 2.75) is 38.9 Å². The predicted molar refractivity (Wildman–Crippen MR) is 124 cm³/mol. The molecule has 2 N–H and O–H groups in total. The van der Waals surface area contributed by atoms with E-state index in [2.05, 4.69) is 20.5 Å². The molecule has 1 aliphatic rings. The van der Waals surface area contributed by atoms with Gasteiger partial charge < -0.3 is 10.6 Å². The molecule has 2 aromatic carbocycles. The summed E-state index contributed by atoms with van der Waals surface area (Å²) < 4.78 is 53.6. The summed E-state index contributed by atoms with van der Waals surface area (Å²) in [6, 6.07) is 7.51. The fourth-order valence-corrected chi connectivity index (χ4v) is 3.47.